The van der Waals surface area contributed by atoms with Crippen molar-refractivity contribution in [2.75, 3.05) is 26.2 Å². The molecule has 1 rings (SSSR count). The zero-order valence-electron chi connectivity index (χ0n) is 14.0. The maximum atomic E-state index is 3.66. The molecule has 2 heteroatoms. The van der Waals surface area contributed by atoms with Crippen LogP contribution in [0.3, 0.4) is 0 Å². The van der Waals surface area contributed by atoms with E-state index in [4.69, 9.17) is 0 Å². The van der Waals surface area contributed by atoms with Gasteiger partial charge in [-0.1, -0.05) is 47.5 Å². The van der Waals surface area contributed by atoms with Gasteiger partial charge in [-0.05, 0) is 56.8 Å². The van der Waals surface area contributed by atoms with E-state index in [-0.39, 0.29) is 0 Å². The Labute approximate surface area is 121 Å². The van der Waals surface area contributed by atoms with E-state index in [1.807, 2.05) is 0 Å². The highest BCUT2D eigenvalue weighted by atomic mass is 15.1. The summed E-state index contributed by atoms with van der Waals surface area (Å²) < 4.78 is 0. The first-order valence-electron chi connectivity index (χ1n) is 8.43. The van der Waals surface area contributed by atoms with E-state index in [9.17, 15) is 0 Å². The van der Waals surface area contributed by atoms with Gasteiger partial charge in [0.2, 0.25) is 0 Å². The van der Waals surface area contributed by atoms with Gasteiger partial charge >= 0.3 is 0 Å². The fourth-order valence-electron chi connectivity index (χ4n) is 3.31. The van der Waals surface area contributed by atoms with Gasteiger partial charge in [0.1, 0.15) is 0 Å². The summed E-state index contributed by atoms with van der Waals surface area (Å²) in [5.74, 6) is 1.01. The molecule has 1 heterocycles. The molecule has 0 bridgehead atoms. The Kier molecular flexibility index (Phi) is 7.38. The van der Waals surface area contributed by atoms with Crippen LogP contribution in [0.25, 0.3) is 0 Å². The minimum absolute atomic E-state index is 0.372. The van der Waals surface area contributed by atoms with Gasteiger partial charge in [-0.3, -0.25) is 0 Å². The van der Waals surface area contributed by atoms with Gasteiger partial charge in [0.15, 0.2) is 0 Å². The van der Waals surface area contributed by atoms with Crippen LogP contribution in [0, 0.1) is 11.3 Å². The van der Waals surface area contributed by atoms with E-state index >= 15 is 0 Å². The third-order valence-electron chi connectivity index (χ3n) is 4.63. The summed E-state index contributed by atoms with van der Waals surface area (Å²) >= 11 is 0. The molecule has 0 aromatic carbocycles. The van der Waals surface area contributed by atoms with Crippen molar-refractivity contribution < 1.29 is 0 Å². The maximum absolute atomic E-state index is 3.66. The van der Waals surface area contributed by atoms with Crippen molar-refractivity contribution in [3.63, 3.8) is 0 Å². The van der Waals surface area contributed by atoms with Gasteiger partial charge in [0.05, 0.1) is 0 Å². The van der Waals surface area contributed by atoms with Crippen LogP contribution in [-0.4, -0.2) is 37.1 Å². The number of likely N-dealkylation sites (tertiary alicyclic amines) is 1. The second kappa shape index (κ2) is 8.26. The molecule has 1 fully saturated rings. The number of rotatable bonds is 7. The molecule has 19 heavy (non-hydrogen) atoms. The van der Waals surface area contributed by atoms with Gasteiger partial charge in [-0.2, -0.15) is 0 Å². The predicted octanol–water partition coefficient (Wildman–Crippen LogP) is 3.91. The number of hydrogen-bond donors (Lipinski definition) is 1. The zero-order chi connectivity index (χ0) is 14.3. The zero-order valence-corrected chi connectivity index (χ0v) is 14.0. The molecule has 1 aliphatic rings. The normalized spacial score (nSPS) is 20.7. The molecule has 1 atom stereocenters. The molecule has 0 aromatic rings. The van der Waals surface area contributed by atoms with Crippen molar-refractivity contribution >= 4 is 0 Å². The highest BCUT2D eigenvalue weighted by Crippen LogP contribution is 2.24. The highest BCUT2D eigenvalue weighted by molar-refractivity contribution is 4.82. The van der Waals surface area contributed by atoms with Gasteiger partial charge in [0, 0.05) is 6.04 Å². The third-order valence-corrected chi connectivity index (χ3v) is 4.63. The maximum Gasteiger partial charge on any atom is 0.0128 e. The summed E-state index contributed by atoms with van der Waals surface area (Å²) in [6.07, 6.45) is 6.94. The Hall–Kier alpha value is -0.0800. The molecule has 0 amide bonds. The van der Waals surface area contributed by atoms with Crippen molar-refractivity contribution in [1.82, 2.24) is 10.2 Å². The molecule has 0 radical (unpaired) electrons. The molecule has 1 aliphatic heterocycles. The van der Waals surface area contributed by atoms with Crippen LogP contribution in [0.15, 0.2) is 0 Å². The smallest absolute Gasteiger partial charge is 0.0128 e. The van der Waals surface area contributed by atoms with Crippen molar-refractivity contribution in [3.8, 4) is 0 Å². The van der Waals surface area contributed by atoms with Crippen LogP contribution < -0.4 is 5.32 Å². The summed E-state index contributed by atoms with van der Waals surface area (Å²) in [6.45, 7) is 16.6. The second-order valence-electron chi connectivity index (χ2n) is 7.34. The van der Waals surface area contributed by atoms with E-state index in [0.29, 0.717) is 11.5 Å². The summed E-state index contributed by atoms with van der Waals surface area (Å²) in [7, 11) is 0. The first-order valence-corrected chi connectivity index (χ1v) is 8.43. The molecular formula is C17H36N2. The van der Waals surface area contributed by atoms with E-state index in [1.54, 1.807) is 0 Å². The SMILES string of the molecule is CCCC1CCN(CCC(NCC)C(C)(C)C)CC1. The van der Waals surface area contributed by atoms with Crippen molar-refractivity contribution in [1.29, 1.82) is 0 Å². The Morgan fingerprint density at radius 3 is 2.26 bits per heavy atom. The van der Waals surface area contributed by atoms with Gasteiger partial charge in [-0.15, -0.1) is 0 Å². The number of piperidine rings is 1. The molecule has 114 valence electrons. The minimum Gasteiger partial charge on any atom is -0.314 e. The Morgan fingerprint density at radius 1 is 1.16 bits per heavy atom. The molecule has 0 spiro atoms. The fourth-order valence-corrected chi connectivity index (χ4v) is 3.31. The van der Waals surface area contributed by atoms with Crippen LogP contribution in [0.1, 0.15) is 66.7 Å². The number of nitrogens with one attached hydrogen (secondary N) is 1. The average molecular weight is 268 g/mol. The van der Waals surface area contributed by atoms with Crippen LogP contribution >= 0.6 is 0 Å². The largest absolute Gasteiger partial charge is 0.314 e. The summed E-state index contributed by atoms with van der Waals surface area (Å²) in [6, 6.07) is 0.644. The lowest BCUT2D eigenvalue weighted by molar-refractivity contribution is 0.155. The van der Waals surface area contributed by atoms with Crippen molar-refractivity contribution in [3.05, 3.63) is 0 Å². The summed E-state index contributed by atoms with van der Waals surface area (Å²) in [4.78, 5) is 2.68. The first-order chi connectivity index (χ1) is 8.97. The van der Waals surface area contributed by atoms with Gasteiger partial charge < -0.3 is 10.2 Å². The quantitative estimate of drug-likeness (QED) is 0.753. The van der Waals surface area contributed by atoms with Crippen LogP contribution in [0.5, 0.6) is 0 Å². The molecule has 0 saturated carbocycles. The van der Waals surface area contributed by atoms with E-state index in [1.165, 1.54) is 51.7 Å². The highest BCUT2D eigenvalue weighted by Gasteiger charge is 2.25. The molecule has 1 unspecified atom stereocenters. The Balaban J connectivity index is 2.28. The van der Waals surface area contributed by atoms with Crippen molar-refractivity contribution in [2.24, 2.45) is 11.3 Å². The molecule has 1 N–H and O–H groups in total. The average Bonchev–Trinajstić information content (AvgIpc) is 2.35. The molecule has 1 saturated heterocycles. The lowest BCUT2D eigenvalue weighted by Crippen LogP contribution is -2.44. The third kappa shape index (κ3) is 6.27. The topological polar surface area (TPSA) is 15.3 Å². The lowest BCUT2D eigenvalue weighted by Gasteiger charge is -2.36. The monoisotopic (exact) mass is 268 g/mol. The fraction of sp³-hybridized carbons (Fsp3) is 1.00. The van der Waals surface area contributed by atoms with E-state index in [2.05, 4.69) is 44.8 Å². The Bertz CT molecular complexity index is 224. The number of nitrogens with zero attached hydrogens (tertiary/aromatic N) is 1. The van der Waals surface area contributed by atoms with Gasteiger partial charge in [0.25, 0.3) is 0 Å². The van der Waals surface area contributed by atoms with Crippen molar-refractivity contribution in [2.45, 2.75) is 72.8 Å². The molecule has 2 nitrogen and oxygen atoms in total. The van der Waals surface area contributed by atoms with Crippen LogP contribution in [0.2, 0.25) is 0 Å². The lowest BCUT2D eigenvalue weighted by atomic mass is 9.84. The van der Waals surface area contributed by atoms with Gasteiger partial charge in [-0.25, -0.2) is 0 Å². The molecular weight excluding hydrogens is 232 g/mol. The second-order valence-corrected chi connectivity index (χ2v) is 7.34. The number of hydrogen-bond acceptors (Lipinski definition) is 2. The van der Waals surface area contributed by atoms with Crippen LogP contribution in [-0.2, 0) is 0 Å². The van der Waals surface area contributed by atoms with Crippen LogP contribution in [0.4, 0.5) is 0 Å². The Morgan fingerprint density at radius 2 is 1.79 bits per heavy atom. The molecule has 0 aromatic heterocycles. The summed E-state index contributed by atoms with van der Waals surface area (Å²) in [5, 5.41) is 3.66. The van der Waals surface area contributed by atoms with E-state index < -0.39 is 0 Å². The summed E-state index contributed by atoms with van der Waals surface area (Å²) in [5.41, 5.74) is 0.372. The van der Waals surface area contributed by atoms with E-state index in [0.717, 1.165) is 12.5 Å². The predicted molar refractivity (Wildman–Crippen MR) is 85.6 cm³/mol. The minimum atomic E-state index is 0.372. The first kappa shape index (κ1) is 17.0. The standard InChI is InChI=1S/C17H36N2/c1-6-8-15-9-12-19(13-10-15)14-11-16(18-7-2)17(3,4)5/h15-16,18H,6-14H2,1-5H3. The molecule has 0 aliphatic carbocycles.